The number of hydrogen-bond donors (Lipinski definition) is 0. The summed E-state index contributed by atoms with van der Waals surface area (Å²) in [6.07, 6.45) is 0. The standard InChI is InChI=1S/2C6H18NSi2.Pb.2H/c2*1-8(2,3)7-9(4,5)6;;;/h2*1-6H3;;;/q2*-1;+2;;. The summed E-state index contributed by atoms with van der Waals surface area (Å²) in [7, 11) is -4.42. The minimum absolute atomic E-state index is 0. The molecular weight excluding hydrogens is 492 g/mol. The topological polar surface area (TPSA) is 28.2 Å². The van der Waals surface area contributed by atoms with E-state index < -0.39 is 32.9 Å². The zero-order valence-electron chi connectivity index (χ0n) is 15.6. The van der Waals surface area contributed by atoms with Crippen molar-refractivity contribution in [3.8, 4) is 0 Å². The normalized spacial score (nSPS) is 13.3. The van der Waals surface area contributed by atoms with E-state index in [1.165, 1.54) is 0 Å². The summed E-state index contributed by atoms with van der Waals surface area (Å²) in [4.78, 5) is 0. The molecule has 0 bridgehead atoms. The first-order valence-electron chi connectivity index (χ1n) is 6.89. The van der Waals surface area contributed by atoms with Gasteiger partial charge in [0.05, 0.1) is 0 Å². The summed E-state index contributed by atoms with van der Waals surface area (Å²) >= 11 is 0. The van der Waals surface area contributed by atoms with Crippen molar-refractivity contribution >= 4 is 60.2 Å². The summed E-state index contributed by atoms with van der Waals surface area (Å²) < 4.78 is 9.64. The van der Waals surface area contributed by atoms with Gasteiger partial charge in [-0.1, -0.05) is 112 Å². The van der Waals surface area contributed by atoms with Gasteiger partial charge in [0.15, 0.2) is 0 Å². The van der Waals surface area contributed by atoms with Gasteiger partial charge in [-0.25, -0.2) is 0 Å². The third-order valence-corrected chi connectivity index (χ3v) is 12.1. The molecule has 0 aliphatic carbocycles. The molecule has 0 fully saturated rings. The second-order valence-electron chi connectivity index (χ2n) is 8.91. The number of nitrogens with zero attached hydrogens (tertiary/aromatic N) is 2. The first-order chi connectivity index (χ1) is 7.41. The Kier molecular flexibility index (Phi) is 12.1. The van der Waals surface area contributed by atoms with Crippen molar-refractivity contribution in [3.63, 3.8) is 0 Å². The van der Waals surface area contributed by atoms with Crippen molar-refractivity contribution in [1.82, 2.24) is 0 Å². The SMILES string of the molecule is C[Si](C)(C)[N-][Si](C)(C)C.C[Si](C)(C)[N-][Si](C)(C)C.[PbH2+2]. The second-order valence-corrected chi connectivity index (χ2v) is 28.1. The van der Waals surface area contributed by atoms with Gasteiger partial charge in [-0.3, -0.25) is 0 Å². The Morgan fingerprint density at radius 2 is 0.474 bits per heavy atom. The molecule has 0 saturated carbocycles. The van der Waals surface area contributed by atoms with Gasteiger partial charge < -0.3 is 9.30 Å². The van der Waals surface area contributed by atoms with Crippen LogP contribution >= 0.6 is 0 Å². The van der Waals surface area contributed by atoms with Gasteiger partial charge in [-0.05, 0) is 0 Å². The van der Waals surface area contributed by atoms with E-state index in [1.807, 2.05) is 0 Å². The molecule has 0 aromatic carbocycles. The first-order valence-corrected chi connectivity index (χ1v) is 20.7. The second kappa shape index (κ2) is 8.99. The van der Waals surface area contributed by atoms with E-state index in [4.69, 9.17) is 9.30 Å². The maximum atomic E-state index is 4.82. The van der Waals surface area contributed by atoms with Crippen LogP contribution in [0, 0.1) is 0 Å². The third-order valence-electron chi connectivity index (χ3n) is 1.34. The van der Waals surface area contributed by atoms with E-state index in [0.29, 0.717) is 0 Å². The van der Waals surface area contributed by atoms with Crippen molar-refractivity contribution in [2.45, 2.75) is 78.6 Å². The maximum absolute atomic E-state index is 4.82. The van der Waals surface area contributed by atoms with Crippen LogP contribution in [0.4, 0.5) is 0 Å². The van der Waals surface area contributed by atoms with Gasteiger partial charge in [-0.15, -0.1) is 0 Å². The van der Waals surface area contributed by atoms with Crippen molar-refractivity contribution < 1.29 is 0 Å². The zero-order chi connectivity index (χ0) is 15.4. The molecular formula is C12H38N2PbSi4. The molecule has 7 heteroatoms. The van der Waals surface area contributed by atoms with E-state index >= 15 is 0 Å². The fraction of sp³-hybridized carbons (Fsp3) is 1.00. The molecule has 0 aliphatic rings. The number of hydrogen-bond acceptors (Lipinski definition) is 0. The van der Waals surface area contributed by atoms with Crippen molar-refractivity contribution in [1.29, 1.82) is 0 Å². The third kappa shape index (κ3) is 32.9. The molecule has 0 saturated heterocycles. The van der Waals surface area contributed by atoms with Crippen LogP contribution in [0.25, 0.3) is 9.30 Å². The van der Waals surface area contributed by atoms with Crippen LogP contribution in [-0.4, -0.2) is 60.2 Å². The quantitative estimate of drug-likeness (QED) is 0.451. The Bertz CT molecular complexity index is 184. The van der Waals surface area contributed by atoms with Gasteiger partial charge in [0, 0.05) is 0 Å². The van der Waals surface area contributed by atoms with Crippen molar-refractivity contribution in [2.24, 2.45) is 0 Å². The van der Waals surface area contributed by atoms with Gasteiger partial charge in [0.25, 0.3) is 0 Å². The average molecular weight is 530 g/mol. The molecule has 0 heterocycles. The predicted octanol–water partition coefficient (Wildman–Crippen LogP) is 5.14. The van der Waals surface area contributed by atoms with Crippen LogP contribution in [0.5, 0.6) is 0 Å². The van der Waals surface area contributed by atoms with Crippen molar-refractivity contribution in [2.75, 3.05) is 0 Å². The molecule has 0 unspecified atom stereocenters. The Hall–Kier alpha value is 1.71. The summed E-state index contributed by atoms with van der Waals surface area (Å²) in [5, 5.41) is 0. The fourth-order valence-electron chi connectivity index (χ4n) is 2.01. The van der Waals surface area contributed by atoms with Crippen LogP contribution in [-0.2, 0) is 0 Å². The molecule has 0 amide bonds. The Balaban J connectivity index is -0.000000256. The van der Waals surface area contributed by atoms with E-state index in [1.54, 1.807) is 0 Å². The van der Waals surface area contributed by atoms with E-state index in [9.17, 15) is 0 Å². The Morgan fingerprint density at radius 3 is 0.474 bits per heavy atom. The van der Waals surface area contributed by atoms with Gasteiger partial charge >= 0.3 is 27.3 Å². The fourth-order valence-corrected chi connectivity index (χ4v) is 18.1. The zero-order valence-corrected chi connectivity index (χ0v) is 25.1. The molecule has 0 aliphatic heterocycles. The van der Waals surface area contributed by atoms with Crippen LogP contribution in [0.3, 0.4) is 0 Å². The van der Waals surface area contributed by atoms with E-state index in [0.717, 1.165) is 0 Å². The van der Waals surface area contributed by atoms with E-state index in [2.05, 4.69) is 78.6 Å². The molecule has 0 N–H and O–H groups in total. The van der Waals surface area contributed by atoms with Gasteiger partial charge in [-0.2, -0.15) is 0 Å². The van der Waals surface area contributed by atoms with Crippen LogP contribution in [0.1, 0.15) is 0 Å². The summed E-state index contributed by atoms with van der Waals surface area (Å²) in [6.45, 7) is 27.6. The molecule has 0 aromatic heterocycles. The van der Waals surface area contributed by atoms with E-state index in [-0.39, 0.29) is 27.3 Å². The Morgan fingerprint density at radius 1 is 0.368 bits per heavy atom. The van der Waals surface area contributed by atoms with Crippen LogP contribution < -0.4 is 0 Å². The molecule has 0 aromatic rings. The predicted molar refractivity (Wildman–Crippen MR) is 109 cm³/mol. The average Bonchev–Trinajstić information content (AvgIpc) is 1.64. The molecule has 19 heavy (non-hydrogen) atoms. The number of rotatable bonds is 4. The summed E-state index contributed by atoms with van der Waals surface area (Å²) in [5.74, 6) is 0. The van der Waals surface area contributed by atoms with Crippen LogP contribution in [0.15, 0.2) is 0 Å². The van der Waals surface area contributed by atoms with Gasteiger partial charge in [0.1, 0.15) is 0 Å². The minimum atomic E-state index is -1.11. The van der Waals surface area contributed by atoms with Crippen LogP contribution in [0.2, 0.25) is 78.6 Å². The molecule has 0 rings (SSSR count). The molecule has 0 radical (unpaired) electrons. The molecule has 2 nitrogen and oxygen atoms in total. The summed E-state index contributed by atoms with van der Waals surface area (Å²) in [5.41, 5.74) is 0. The molecule has 0 spiro atoms. The van der Waals surface area contributed by atoms with Gasteiger partial charge in [0.2, 0.25) is 0 Å². The molecule has 0 atom stereocenters. The van der Waals surface area contributed by atoms with Crippen molar-refractivity contribution in [3.05, 3.63) is 9.30 Å². The first kappa shape index (κ1) is 25.7. The Labute approximate surface area is 147 Å². The molecule has 116 valence electrons. The summed E-state index contributed by atoms with van der Waals surface area (Å²) in [6, 6.07) is 0. The monoisotopic (exact) mass is 530 g/mol.